The minimum absolute atomic E-state index is 0.0953. The summed E-state index contributed by atoms with van der Waals surface area (Å²) < 4.78 is 0. The van der Waals surface area contributed by atoms with E-state index in [-0.39, 0.29) is 17.9 Å². The van der Waals surface area contributed by atoms with Crippen LogP contribution in [0, 0.1) is 11.8 Å². The molecule has 2 aliphatic rings. The molecule has 2 heterocycles. The summed E-state index contributed by atoms with van der Waals surface area (Å²) in [5.41, 5.74) is 1.23. The van der Waals surface area contributed by atoms with Gasteiger partial charge in [-0.2, -0.15) is 0 Å². The van der Waals surface area contributed by atoms with Crippen LogP contribution in [0.4, 0.5) is 5.82 Å². The molecule has 0 bridgehead atoms. The Morgan fingerprint density at radius 3 is 2.48 bits per heavy atom. The number of nitrogens with zero attached hydrogens (tertiary/aromatic N) is 3. The van der Waals surface area contributed by atoms with Crippen molar-refractivity contribution in [2.45, 2.75) is 31.7 Å². The number of benzene rings is 1. The van der Waals surface area contributed by atoms with E-state index in [1.54, 1.807) is 18.6 Å². The molecule has 1 saturated heterocycles. The number of aromatic nitrogens is 2. The van der Waals surface area contributed by atoms with Gasteiger partial charge < -0.3 is 10.2 Å². The molecular formula is C20H24N4O. The van der Waals surface area contributed by atoms with E-state index in [1.807, 2.05) is 6.07 Å². The number of rotatable bonds is 5. The maximum absolute atomic E-state index is 12.8. The van der Waals surface area contributed by atoms with Gasteiger partial charge in [0.2, 0.25) is 5.91 Å². The van der Waals surface area contributed by atoms with Crippen molar-refractivity contribution in [1.29, 1.82) is 0 Å². The van der Waals surface area contributed by atoms with Gasteiger partial charge in [0.05, 0.1) is 12.2 Å². The van der Waals surface area contributed by atoms with Crippen molar-refractivity contribution in [3.05, 3.63) is 54.5 Å². The van der Waals surface area contributed by atoms with Crippen LogP contribution in [0.25, 0.3) is 0 Å². The molecule has 4 rings (SSSR count). The Balaban J connectivity index is 1.36. The van der Waals surface area contributed by atoms with Crippen LogP contribution in [-0.4, -0.2) is 29.0 Å². The largest absolute Gasteiger partial charge is 0.355 e. The van der Waals surface area contributed by atoms with Crippen LogP contribution in [0.15, 0.2) is 48.9 Å². The van der Waals surface area contributed by atoms with Crippen molar-refractivity contribution in [3.63, 3.8) is 0 Å². The lowest BCUT2D eigenvalue weighted by atomic mass is 9.94. The zero-order chi connectivity index (χ0) is 17.1. The fourth-order valence-electron chi connectivity index (χ4n) is 3.66. The number of nitrogens with one attached hydrogen (secondary N) is 1. The van der Waals surface area contributed by atoms with Crippen molar-refractivity contribution in [2.24, 2.45) is 11.8 Å². The maximum Gasteiger partial charge on any atom is 0.223 e. The van der Waals surface area contributed by atoms with E-state index in [1.165, 1.54) is 18.4 Å². The predicted octanol–water partition coefficient (Wildman–Crippen LogP) is 2.96. The topological polar surface area (TPSA) is 58.1 Å². The summed E-state index contributed by atoms with van der Waals surface area (Å²) >= 11 is 0. The summed E-state index contributed by atoms with van der Waals surface area (Å²) in [5, 5.41) is 3.33. The van der Waals surface area contributed by atoms with Crippen LogP contribution in [-0.2, 0) is 4.79 Å². The van der Waals surface area contributed by atoms with E-state index >= 15 is 0 Å². The van der Waals surface area contributed by atoms with Gasteiger partial charge in [0, 0.05) is 31.4 Å². The van der Waals surface area contributed by atoms with E-state index in [2.05, 4.69) is 44.5 Å². The van der Waals surface area contributed by atoms with E-state index < -0.39 is 0 Å². The first-order chi connectivity index (χ1) is 12.3. The number of carbonyl (C=O) groups excluding carboxylic acids is 1. The first kappa shape index (κ1) is 16.1. The Hall–Kier alpha value is -2.43. The van der Waals surface area contributed by atoms with Crippen molar-refractivity contribution in [2.75, 3.05) is 18.0 Å². The molecule has 1 atom stereocenters. The second kappa shape index (κ2) is 7.21. The molecule has 1 saturated carbocycles. The lowest BCUT2D eigenvalue weighted by Crippen LogP contribution is -2.42. The SMILES string of the molecule is O=C(NC(c1ccccc1)C1CC1)C1CCN(c2cnccn2)CC1. The first-order valence-corrected chi connectivity index (χ1v) is 9.17. The van der Waals surface area contributed by atoms with Crippen molar-refractivity contribution < 1.29 is 4.79 Å². The molecule has 25 heavy (non-hydrogen) atoms. The highest BCUT2D eigenvalue weighted by Crippen LogP contribution is 2.41. The van der Waals surface area contributed by atoms with Crippen LogP contribution in [0.5, 0.6) is 0 Å². The van der Waals surface area contributed by atoms with Crippen LogP contribution < -0.4 is 10.2 Å². The number of amides is 1. The molecule has 2 aromatic rings. The molecule has 2 fully saturated rings. The average molecular weight is 336 g/mol. The van der Waals surface area contributed by atoms with Crippen LogP contribution in [0.1, 0.15) is 37.3 Å². The van der Waals surface area contributed by atoms with Gasteiger partial charge in [-0.05, 0) is 37.2 Å². The van der Waals surface area contributed by atoms with E-state index in [9.17, 15) is 4.79 Å². The fourth-order valence-corrected chi connectivity index (χ4v) is 3.66. The number of hydrogen-bond acceptors (Lipinski definition) is 4. The Kier molecular flexibility index (Phi) is 4.63. The van der Waals surface area contributed by atoms with Crippen molar-refractivity contribution in [1.82, 2.24) is 15.3 Å². The molecular weight excluding hydrogens is 312 g/mol. The van der Waals surface area contributed by atoms with E-state index in [4.69, 9.17) is 0 Å². The van der Waals surface area contributed by atoms with Gasteiger partial charge >= 0.3 is 0 Å². The monoisotopic (exact) mass is 336 g/mol. The second-order valence-electron chi connectivity index (χ2n) is 7.06. The summed E-state index contributed by atoms with van der Waals surface area (Å²) in [4.78, 5) is 23.5. The third-order valence-electron chi connectivity index (χ3n) is 5.29. The Labute approximate surface area is 148 Å². The average Bonchev–Trinajstić information content (AvgIpc) is 3.52. The highest BCUT2D eigenvalue weighted by molar-refractivity contribution is 5.79. The van der Waals surface area contributed by atoms with Crippen LogP contribution in [0.2, 0.25) is 0 Å². The molecule has 0 spiro atoms. The van der Waals surface area contributed by atoms with E-state index in [0.717, 1.165) is 31.7 Å². The quantitative estimate of drug-likeness (QED) is 0.912. The summed E-state index contributed by atoms with van der Waals surface area (Å²) in [7, 11) is 0. The van der Waals surface area contributed by atoms with Crippen molar-refractivity contribution >= 4 is 11.7 Å². The predicted molar refractivity (Wildman–Crippen MR) is 97.0 cm³/mol. The standard InChI is InChI=1S/C20H24N4O/c25-20(23-19(16-6-7-16)15-4-2-1-3-5-15)17-8-12-24(13-9-17)18-14-21-10-11-22-18/h1-5,10-11,14,16-17,19H,6-9,12-13H2,(H,23,25). The minimum atomic E-state index is 0.0953. The molecule has 130 valence electrons. The second-order valence-corrected chi connectivity index (χ2v) is 7.06. The summed E-state index contributed by atoms with van der Waals surface area (Å²) in [6.07, 6.45) is 9.36. The Bertz CT molecular complexity index is 694. The maximum atomic E-state index is 12.8. The van der Waals surface area contributed by atoms with Gasteiger partial charge in [0.25, 0.3) is 0 Å². The molecule has 1 amide bonds. The minimum Gasteiger partial charge on any atom is -0.355 e. The lowest BCUT2D eigenvalue weighted by molar-refractivity contribution is -0.126. The molecule has 5 nitrogen and oxygen atoms in total. The fraction of sp³-hybridized carbons (Fsp3) is 0.450. The molecule has 1 aromatic carbocycles. The molecule has 1 aliphatic heterocycles. The first-order valence-electron chi connectivity index (χ1n) is 9.17. The highest BCUT2D eigenvalue weighted by atomic mass is 16.2. The summed E-state index contributed by atoms with van der Waals surface area (Å²) in [5.74, 6) is 1.81. The number of hydrogen-bond donors (Lipinski definition) is 1. The van der Waals surface area contributed by atoms with Gasteiger partial charge in [-0.3, -0.25) is 9.78 Å². The normalized spacial score (nSPS) is 19.4. The zero-order valence-electron chi connectivity index (χ0n) is 14.3. The van der Waals surface area contributed by atoms with Gasteiger partial charge in [-0.15, -0.1) is 0 Å². The summed E-state index contributed by atoms with van der Waals surface area (Å²) in [6.45, 7) is 1.71. The number of piperidine rings is 1. The van der Waals surface area contributed by atoms with Gasteiger partial charge in [-0.1, -0.05) is 30.3 Å². The number of anilines is 1. The van der Waals surface area contributed by atoms with Gasteiger partial charge in [0.1, 0.15) is 5.82 Å². The molecule has 1 aliphatic carbocycles. The number of carbonyl (C=O) groups is 1. The third kappa shape index (κ3) is 3.81. The zero-order valence-corrected chi connectivity index (χ0v) is 14.3. The van der Waals surface area contributed by atoms with Gasteiger partial charge in [0.15, 0.2) is 0 Å². The van der Waals surface area contributed by atoms with Crippen molar-refractivity contribution in [3.8, 4) is 0 Å². The van der Waals surface area contributed by atoms with E-state index in [0.29, 0.717) is 5.92 Å². The smallest absolute Gasteiger partial charge is 0.223 e. The molecule has 0 radical (unpaired) electrons. The molecule has 5 heteroatoms. The third-order valence-corrected chi connectivity index (χ3v) is 5.29. The summed E-state index contributed by atoms with van der Waals surface area (Å²) in [6, 6.07) is 10.6. The Morgan fingerprint density at radius 1 is 1.08 bits per heavy atom. The lowest BCUT2D eigenvalue weighted by Gasteiger charge is -2.32. The Morgan fingerprint density at radius 2 is 1.84 bits per heavy atom. The molecule has 1 unspecified atom stereocenters. The van der Waals surface area contributed by atoms with Crippen LogP contribution in [0.3, 0.4) is 0 Å². The highest BCUT2D eigenvalue weighted by Gasteiger charge is 2.35. The van der Waals surface area contributed by atoms with Gasteiger partial charge in [-0.25, -0.2) is 4.98 Å². The molecule has 1 N–H and O–H groups in total. The van der Waals surface area contributed by atoms with Crippen LogP contribution >= 0.6 is 0 Å². The molecule has 1 aromatic heterocycles.